The summed E-state index contributed by atoms with van der Waals surface area (Å²) in [6.45, 7) is 4.10. The van der Waals surface area contributed by atoms with Crippen LogP contribution < -0.4 is 0 Å². The molecule has 1 aromatic rings. The molecule has 0 bridgehead atoms. The fourth-order valence-corrected chi connectivity index (χ4v) is 1.25. The van der Waals surface area contributed by atoms with E-state index in [9.17, 15) is 4.79 Å². The van der Waals surface area contributed by atoms with Crippen LogP contribution in [0.25, 0.3) is 0 Å². The number of aromatic carboxylic acids is 1. The van der Waals surface area contributed by atoms with Crippen LogP contribution in [0, 0.1) is 0 Å². The summed E-state index contributed by atoms with van der Waals surface area (Å²) in [7, 11) is 0. The third kappa shape index (κ3) is 4.42. The lowest BCUT2D eigenvalue weighted by molar-refractivity contribution is 0.0452. The van der Waals surface area contributed by atoms with Gasteiger partial charge in [0.05, 0.1) is 25.4 Å². The molecule has 0 fully saturated rings. The third-order valence-electron chi connectivity index (χ3n) is 2.02. The molecule has 4 nitrogen and oxygen atoms in total. The molecule has 1 aromatic carbocycles. The van der Waals surface area contributed by atoms with E-state index in [4.69, 9.17) is 14.6 Å². The first-order valence-corrected chi connectivity index (χ1v) is 5.21. The molecule has 0 atom stereocenters. The van der Waals surface area contributed by atoms with Gasteiger partial charge in [-0.05, 0) is 24.6 Å². The van der Waals surface area contributed by atoms with Crippen LogP contribution in [-0.2, 0) is 16.1 Å². The SMILES string of the molecule is CCOCCOCc1cccc(C(=O)O)c1. The number of carbonyl (C=O) groups is 1. The summed E-state index contributed by atoms with van der Waals surface area (Å²) in [5, 5.41) is 8.79. The van der Waals surface area contributed by atoms with Crippen LogP contribution in [0.5, 0.6) is 0 Å². The second-order valence-corrected chi connectivity index (χ2v) is 3.26. The monoisotopic (exact) mass is 224 g/mol. The van der Waals surface area contributed by atoms with Gasteiger partial charge in [0.1, 0.15) is 0 Å². The highest BCUT2D eigenvalue weighted by molar-refractivity contribution is 5.87. The van der Waals surface area contributed by atoms with Gasteiger partial charge in [-0.1, -0.05) is 12.1 Å². The van der Waals surface area contributed by atoms with Crippen LogP contribution in [0.15, 0.2) is 24.3 Å². The number of ether oxygens (including phenoxy) is 2. The fourth-order valence-electron chi connectivity index (χ4n) is 1.25. The van der Waals surface area contributed by atoms with Crippen LogP contribution in [-0.4, -0.2) is 30.9 Å². The number of hydrogen-bond donors (Lipinski definition) is 1. The number of rotatable bonds is 7. The summed E-state index contributed by atoms with van der Waals surface area (Å²) in [5.74, 6) is -0.920. The Kier molecular flexibility index (Phi) is 5.53. The van der Waals surface area contributed by atoms with Crippen molar-refractivity contribution in [2.24, 2.45) is 0 Å². The normalized spacial score (nSPS) is 10.3. The van der Waals surface area contributed by atoms with Gasteiger partial charge in [-0.25, -0.2) is 4.79 Å². The largest absolute Gasteiger partial charge is 0.478 e. The molecule has 0 radical (unpaired) electrons. The van der Waals surface area contributed by atoms with Crippen molar-refractivity contribution in [2.45, 2.75) is 13.5 Å². The maximum absolute atomic E-state index is 10.7. The molecule has 0 aromatic heterocycles. The number of benzene rings is 1. The van der Waals surface area contributed by atoms with Gasteiger partial charge in [0.25, 0.3) is 0 Å². The molecule has 0 amide bonds. The predicted molar refractivity (Wildman–Crippen MR) is 59.6 cm³/mol. The minimum Gasteiger partial charge on any atom is -0.478 e. The van der Waals surface area contributed by atoms with Crippen molar-refractivity contribution in [3.8, 4) is 0 Å². The highest BCUT2D eigenvalue weighted by Crippen LogP contribution is 2.06. The Bertz CT molecular complexity index is 336. The molecule has 0 aliphatic rings. The van der Waals surface area contributed by atoms with Gasteiger partial charge in [0.2, 0.25) is 0 Å². The average molecular weight is 224 g/mol. The molecule has 1 rings (SSSR count). The van der Waals surface area contributed by atoms with Crippen LogP contribution >= 0.6 is 0 Å². The highest BCUT2D eigenvalue weighted by atomic mass is 16.5. The zero-order valence-corrected chi connectivity index (χ0v) is 9.31. The molecule has 0 saturated carbocycles. The molecule has 0 unspecified atom stereocenters. The molecular formula is C12H16O4. The number of carboxylic acids is 1. The lowest BCUT2D eigenvalue weighted by atomic mass is 10.1. The quantitative estimate of drug-likeness (QED) is 0.719. The van der Waals surface area contributed by atoms with Crippen LogP contribution in [0.1, 0.15) is 22.8 Å². The van der Waals surface area contributed by atoms with E-state index in [-0.39, 0.29) is 5.56 Å². The van der Waals surface area contributed by atoms with E-state index in [0.29, 0.717) is 26.4 Å². The molecule has 1 N–H and O–H groups in total. The maximum atomic E-state index is 10.7. The topological polar surface area (TPSA) is 55.8 Å². The van der Waals surface area contributed by atoms with Gasteiger partial charge >= 0.3 is 5.97 Å². The lowest BCUT2D eigenvalue weighted by Gasteiger charge is -2.05. The van der Waals surface area contributed by atoms with Gasteiger partial charge in [-0.3, -0.25) is 0 Å². The molecule has 16 heavy (non-hydrogen) atoms. The Labute approximate surface area is 94.8 Å². The van der Waals surface area contributed by atoms with Crippen LogP contribution in [0.2, 0.25) is 0 Å². The molecule has 0 aliphatic carbocycles. The van der Waals surface area contributed by atoms with E-state index in [1.54, 1.807) is 18.2 Å². The van der Waals surface area contributed by atoms with Crippen molar-refractivity contribution in [1.82, 2.24) is 0 Å². The van der Waals surface area contributed by atoms with E-state index in [2.05, 4.69) is 0 Å². The van der Waals surface area contributed by atoms with E-state index < -0.39 is 5.97 Å². The molecule has 0 heterocycles. The molecule has 88 valence electrons. The molecular weight excluding hydrogens is 208 g/mol. The van der Waals surface area contributed by atoms with E-state index >= 15 is 0 Å². The second-order valence-electron chi connectivity index (χ2n) is 3.26. The van der Waals surface area contributed by atoms with Gasteiger partial charge < -0.3 is 14.6 Å². The predicted octanol–water partition coefficient (Wildman–Crippen LogP) is 1.94. The summed E-state index contributed by atoms with van der Waals surface area (Å²) in [5.41, 5.74) is 1.14. The Balaban J connectivity index is 2.36. The third-order valence-corrected chi connectivity index (χ3v) is 2.02. The summed E-state index contributed by atoms with van der Waals surface area (Å²) >= 11 is 0. The van der Waals surface area contributed by atoms with Gasteiger partial charge in [0, 0.05) is 6.61 Å². The zero-order chi connectivity index (χ0) is 11.8. The fraction of sp³-hybridized carbons (Fsp3) is 0.417. The first-order chi connectivity index (χ1) is 7.74. The van der Waals surface area contributed by atoms with Gasteiger partial charge in [0.15, 0.2) is 0 Å². The summed E-state index contributed by atoms with van der Waals surface area (Å²) in [6.07, 6.45) is 0. The molecule has 0 spiro atoms. The molecule has 4 heteroatoms. The van der Waals surface area contributed by atoms with Crippen LogP contribution in [0.4, 0.5) is 0 Å². The van der Waals surface area contributed by atoms with Crippen molar-refractivity contribution < 1.29 is 19.4 Å². The van der Waals surface area contributed by atoms with Crippen molar-refractivity contribution in [3.63, 3.8) is 0 Å². The number of carboxylic acid groups (broad SMARTS) is 1. The first kappa shape index (κ1) is 12.7. The summed E-state index contributed by atoms with van der Waals surface area (Å²) in [4.78, 5) is 10.7. The Morgan fingerprint density at radius 2 is 2.06 bits per heavy atom. The maximum Gasteiger partial charge on any atom is 0.335 e. The Morgan fingerprint density at radius 1 is 1.31 bits per heavy atom. The van der Waals surface area contributed by atoms with Crippen molar-refractivity contribution in [2.75, 3.05) is 19.8 Å². The van der Waals surface area contributed by atoms with Crippen molar-refractivity contribution in [1.29, 1.82) is 0 Å². The van der Waals surface area contributed by atoms with Gasteiger partial charge in [-0.2, -0.15) is 0 Å². The summed E-state index contributed by atoms with van der Waals surface area (Å²) < 4.78 is 10.5. The highest BCUT2D eigenvalue weighted by Gasteiger charge is 2.02. The smallest absolute Gasteiger partial charge is 0.335 e. The second kappa shape index (κ2) is 6.98. The summed E-state index contributed by atoms with van der Waals surface area (Å²) in [6, 6.07) is 6.73. The minimum absolute atomic E-state index is 0.283. The van der Waals surface area contributed by atoms with E-state index in [1.165, 1.54) is 0 Å². The minimum atomic E-state index is -0.920. The molecule has 0 saturated heterocycles. The standard InChI is InChI=1S/C12H16O4/c1-2-15-6-7-16-9-10-4-3-5-11(8-10)12(13)14/h3-5,8H,2,6-7,9H2,1H3,(H,13,14). The van der Waals surface area contributed by atoms with Crippen LogP contribution in [0.3, 0.4) is 0 Å². The van der Waals surface area contributed by atoms with Crippen molar-refractivity contribution in [3.05, 3.63) is 35.4 Å². The zero-order valence-electron chi connectivity index (χ0n) is 9.31. The number of hydrogen-bond acceptors (Lipinski definition) is 3. The van der Waals surface area contributed by atoms with Gasteiger partial charge in [-0.15, -0.1) is 0 Å². The Morgan fingerprint density at radius 3 is 2.75 bits per heavy atom. The average Bonchev–Trinajstić information content (AvgIpc) is 2.29. The molecule has 0 aliphatic heterocycles. The lowest BCUT2D eigenvalue weighted by Crippen LogP contribution is -2.04. The van der Waals surface area contributed by atoms with E-state index in [0.717, 1.165) is 5.56 Å². The van der Waals surface area contributed by atoms with E-state index in [1.807, 2.05) is 13.0 Å². The first-order valence-electron chi connectivity index (χ1n) is 5.21. The van der Waals surface area contributed by atoms with Crippen molar-refractivity contribution >= 4 is 5.97 Å². The Hall–Kier alpha value is -1.39.